The maximum Gasteiger partial charge on any atom is 0.379 e. The SMILES string of the molecule is O=C(ON1C(=O)CCC1=O)c1cc2cc(Br)ccc2[nH]1. The van der Waals surface area contributed by atoms with E-state index in [1.165, 1.54) is 0 Å². The van der Waals surface area contributed by atoms with E-state index in [1.54, 1.807) is 6.07 Å². The molecule has 7 heteroatoms. The molecule has 2 heterocycles. The van der Waals surface area contributed by atoms with Crippen molar-refractivity contribution >= 4 is 44.6 Å². The highest BCUT2D eigenvalue weighted by atomic mass is 79.9. The smallest absolute Gasteiger partial charge is 0.349 e. The van der Waals surface area contributed by atoms with Crippen LogP contribution in [0.2, 0.25) is 0 Å². The maximum absolute atomic E-state index is 11.9. The number of aromatic nitrogens is 1. The number of aromatic amines is 1. The molecule has 102 valence electrons. The number of nitrogens with one attached hydrogen (secondary N) is 1. The number of amides is 2. The summed E-state index contributed by atoms with van der Waals surface area (Å²) in [7, 11) is 0. The standard InChI is InChI=1S/C13H9BrN2O4/c14-8-1-2-9-7(5-8)6-10(15-9)13(19)20-16-11(17)3-4-12(16)18/h1-2,5-6,15H,3-4H2. The number of nitrogens with zero attached hydrogens (tertiary/aromatic N) is 1. The van der Waals surface area contributed by atoms with Gasteiger partial charge in [-0.1, -0.05) is 15.9 Å². The average Bonchev–Trinajstić information content (AvgIpc) is 2.96. The minimum absolute atomic E-state index is 0.0752. The first-order chi connectivity index (χ1) is 9.54. The highest BCUT2D eigenvalue weighted by Crippen LogP contribution is 2.21. The lowest BCUT2D eigenvalue weighted by Crippen LogP contribution is -2.32. The van der Waals surface area contributed by atoms with Gasteiger partial charge in [-0.15, -0.1) is 5.06 Å². The quantitative estimate of drug-likeness (QED) is 0.852. The molecule has 1 fully saturated rings. The number of benzene rings is 1. The topological polar surface area (TPSA) is 79.5 Å². The lowest BCUT2D eigenvalue weighted by molar-refractivity contribution is -0.172. The molecule has 1 aliphatic rings. The fraction of sp³-hybridized carbons (Fsp3) is 0.154. The van der Waals surface area contributed by atoms with Gasteiger partial charge in [-0.25, -0.2) is 4.79 Å². The Bertz CT molecular complexity index is 721. The van der Waals surface area contributed by atoms with Crippen LogP contribution in [0.3, 0.4) is 0 Å². The molecule has 0 bridgehead atoms. The zero-order valence-electron chi connectivity index (χ0n) is 10.2. The summed E-state index contributed by atoms with van der Waals surface area (Å²) in [5, 5.41) is 1.36. The van der Waals surface area contributed by atoms with Crippen molar-refractivity contribution in [1.82, 2.24) is 10.0 Å². The van der Waals surface area contributed by atoms with E-state index in [-0.39, 0.29) is 18.5 Å². The summed E-state index contributed by atoms with van der Waals surface area (Å²) in [5.74, 6) is -1.76. The van der Waals surface area contributed by atoms with Crippen LogP contribution in [0.1, 0.15) is 23.3 Å². The van der Waals surface area contributed by atoms with Gasteiger partial charge in [0.2, 0.25) is 0 Å². The minimum Gasteiger partial charge on any atom is -0.349 e. The summed E-state index contributed by atoms with van der Waals surface area (Å²) < 4.78 is 0.883. The number of hydrogen-bond donors (Lipinski definition) is 1. The summed E-state index contributed by atoms with van der Waals surface area (Å²) >= 11 is 3.34. The third-order valence-electron chi connectivity index (χ3n) is 2.98. The van der Waals surface area contributed by atoms with Gasteiger partial charge in [-0.2, -0.15) is 0 Å². The average molecular weight is 337 g/mol. The van der Waals surface area contributed by atoms with Crippen molar-refractivity contribution in [3.8, 4) is 0 Å². The van der Waals surface area contributed by atoms with E-state index < -0.39 is 17.8 Å². The van der Waals surface area contributed by atoms with Crippen molar-refractivity contribution in [3.05, 3.63) is 34.4 Å². The Morgan fingerprint density at radius 3 is 2.60 bits per heavy atom. The molecule has 0 saturated carbocycles. The van der Waals surface area contributed by atoms with Crippen molar-refractivity contribution in [3.63, 3.8) is 0 Å². The zero-order chi connectivity index (χ0) is 14.3. The van der Waals surface area contributed by atoms with Crippen LogP contribution in [0.15, 0.2) is 28.7 Å². The van der Waals surface area contributed by atoms with Gasteiger partial charge in [0.1, 0.15) is 5.69 Å². The molecular formula is C13H9BrN2O4. The second-order valence-corrected chi connectivity index (χ2v) is 5.29. The molecule has 1 aromatic heterocycles. The van der Waals surface area contributed by atoms with E-state index >= 15 is 0 Å². The van der Waals surface area contributed by atoms with Gasteiger partial charge < -0.3 is 9.82 Å². The molecule has 0 atom stereocenters. The van der Waals surface area contributed by atoms with E-state index in [1.807, 2.05) is 18.2 Å². The van der Waals surface area contributed by atoms with Crippen LogP contribution in [0, 0.1) is 0 Å². The van der Waals surface area contributed by atoms with Crippen molar-refractivity contribution in [2.24, 2.45) is 0 Å². The second-order valence-electron chi connectivity index (χ2n) is 4.38. The van der Waals surface area contributed by atoms with Crippen LogP contribution in [0.25, 0.3) is 10.9 Å². The summed E-state index contributed by atoms with van der Waals surface area (Å²) in [6, 6.07) is 7.09. The van der Waals surface area contributed by atoms with E-state index in [2.05, 4.69) is 20.9 Å². The number of carbonyl (C=O) groups is 3. The van der Waals surface area contributed by atoms with Crippen LogP contribution in [0.4, 0.5) is 0 Å². The van der Waals surface area contributed by atoms with Crippen LogP contribution in [0.5, 0.6) is 0 Å². The lowest BCUT2D eigenvalue weighted by atomic mass is 10.2. The van der Waals surface area contributed by atoms with Crippen LogP contribution >= 0.6 is 15.9 Å². The van der Waals surface area contributed by atoms with Crippen molar-refractivity contribution < 1.29 is 19.2 Å². The molecule has 1 aromatic carbocycles. The number of imide groups is 1. The molecule has 6 nitrogen and oxygen atoms in total. The maximum atomic E-state index is 11.9. The van der Waals surface area contributed by atoms with Gasteiger partial charge in [0.05, 0.1) is 0 Å². The number of halogens is 1. The Hall–Kier alpha value is -2.15. The summed E-state index contributed by atoms with van der Waals surface area (Å²) in [6.07, 6.45) is 0.150. The van der Waals surface area contributed by atoms with Gasteiger partial charge in [0, 0.05) is 28.2 Å². The van der Waals surface area contributed by atoms with Gasteiger partial charge in [-0.3, -0.25) is 9.59 Å². The molecule has 0 aliphatic carbocycles. The molecule has 0 unspecified atom stereocenters. The third kappa shape index (κ3) is 2.20. The van der Waals surface area contributed by atoms with Crippen molar-refractivity contribution in [2.75, 3.05) is 0 Å². The summed E-state index contributed by atoms with van der Waals surface area (Å²) in [4.78, 5) is 42.4. The monoisotopic (exact) mass is 336 g/mol. The van der Waals surface area contributed by atoms with E-state index in [9.17, 15) is 14.4 Å². The zero-order valence-corrected chi connectivity index (χ0v) is 11.8. The molecule has 1 saturated heterocycles. The largest absolute Gasteiger partial charge is 0.379 e. The van der Waals surface area contributed by atoms with Crippen LogP contribution in [-0.2, 0) is 14.4 Å². The molecule has 1 aliphatic heterocycles. The number of fused-ring (bicyclic) bond motifs is 1. The predicted octanol–water partition coefficient (Wildman–Crippen LogP) is 2.15. The molecule has 2 aromatic rings. The Morgan fingerprint density at radius 1 is 1.20 bits per heavy atom. The van der Waals surface area contributed by atoms with Crippen LogP contribution in [-0.4, -0.2) is 27.8 Å². The fourth-order valence-corrected chi connectivity index (χ4v) is 2.38. The minimum atomic E-state index is -0.763. The van der Waals surface area contributed by atoms with Crippen LogP contribution < -0.4 is 0 Å². The van der Waals surface area contributed by atoms with Gasteiger partial charge in [-0.05, 0) is 24.3 Å². The summed E-state index contributed by atoms with van der Waals surface area (Å²) in [6.45, 7) is 0. The molecule has 0 radical (unpaired) electrons. The van der Waals surface area contributed by atoms with E-state index in [4.69, 9.17) is 4.84 Å². The van der Waals surface area contributed by atoms with Gasteiger partial charge in [0.25, 0.3) is 11.8 Å². The van der Waals surface area contributed by atoms with Crippen molar-refractivity contribution in [1.29, 1.82) is 0 Å². The highest BCUT2D eigenvalue weighted by Gasteiger charge is 2.33. The van der Waals surface area contributed by atoms with E-state index in [0.29, 0.717) is 5.06 Å². The van der Waals surface area contributed by atoms with E-state index in [0.717, 1.165) is 15.4 Å². The molecule has 2 amide bonds. The summed E-state index contributed by atoms with van der Waals surface area (Å²) in [5.41, 5.74) is 0.949. The normalized spacial score (nSPS) is 15.2. The van der Waals surface area contributed by atoms with Crippen molar-refractivity contribution in [2.45, 2.75) is 12.8 Å². The second kappa shape index (κ2) is 4.75. The highest BCUT2D eigenvalue weighted by molar-refractivity contribution is 9.10. The molecular weight excluding hydrogens is 328 g/mol. The number of rotatable bonds is 2. The first kappa shape index (κ1) is 12.9. The lowest BCUT2D eigenvalue weighted by Gasteiger charge is -2.11. The Morgan fingerprint density at radius 2 is 1.90 bits per heavy atom. The Balaban J connectivity index is 1.85. The number of carbonyl (C=O) groups excluding carboxylic acids is 3. The predicted molar refractivity (Wildman–Crippen MR) is 72.5 cm³/mol. The Kier molecular flexibility index (Phi) is 3.06. The molecule has 1 N–H and O–H groups in total. The fourth-order valence-electron chi connectivity index (χ4n) is 2.00. The van der Waals surface area contributed by atoms with Gasteiger partial charge >= 0.3 is 5.97 Å². The molecule has 3 rings (SSSR count). The molecule has 0 spiro atoms. The number of hydrogen-bond acceptors (Lipinski definition) is 4. The Labute approximate surface area is 121 Å². The first-order valence-electron chi connectivity index (χ1n) is 5.91. The molecule has 20 heavy (non-hydrogen) atoms. The number of H-pyrrole nitrogens is 1. The first-order valence-corrected chi connectivity index (χ1v) is 6.70. The third-order valence-corrected chi connectivity index (χ3v) is 3.48. The number of hydroxylamine groups is 2. The van der Waals surface area contributed by atoms with Gasteiger partial charge in [0.15, 0.2) is 0 Å².